The molecule has 3 fully saturated rings. The van der Waals surface area contributed by atoms with Crippen LogP contribution in [0, 0.1) is 0 Å². The van der Waals surface area contributed by atoms with E-state index in [0.717, 1.165) is 53.5 Å². The highest BCUT2D eigenvalue weighted by molar-refractivity contribution is 9.11. The number of carbonyl (C=O) groups excluding carboxylic acids is 2. The number of carbonyl (C=O) groups is 2. The number of nitrogens with one attached hydrogen (secondary N) is 2. The van der Waals surface area contributed by atoms with E-state index in [-0.39, 0.29) is 23.7 Å². The van der Waals surface area contributed by atoms with Crippen LogP contribution in [0.1, 0.15) is 37.3 Å². The molecule has 0 bridgehead atoms. The van der Waals surface area contributed by atoms with Gasteiger partial charge in [-0.3, -0.25) is 14.3 Å². The monoisotopic (exact) mass is 745 g/mol. The Hall–Kier alpha value is -2.94. The number of likely N-dealkylation sites (tertiary alicyclic amines) is 2. The predicted molar refractivity (Wildman–Crippen MR) is 181 cm³/mol. The lowest BCUT2D eigenvalue weighted by molar-refractivity contribution is -0.135. The molecule has 2 aromatic heterocycles. The molecule has 1 aromatic carbocycles. The lowest BCUT2D eigenvalue weighted by atomic mass is 10.0. The van der Waals surface area contributed by atoms with Crippen molar-refractivity contribution in [1.82, 2.24) is 39.5 Å². The Labute approximate surface area is 279 Å². The van der Waals surface area contributed by atoms with Gasteiger partial charge in [0.2, 0.25) is 5.91 Å². The Balaban J connectivity index is 1.12. The number of amides is 3. The third kappa shape index (κ3) is 7.08. The summed E-state index contributed by atoms with van der Waals surface area (Å²) in [5, 5.41) is 3.08. The molecule has 3 amide bonds. The molecule has 0 radical (unpaired) electrons. The van der Waals surface area contributed by atoms with Crippen LogP contribution < -0.4 is 16.7 Å². The first-order valence-corrected chi connectivity index (χ1v) is 17.3. The molecule has 0 unspecified atom stereocenters. The molecular formula is C31H41Br2N9O3. The van der Waals surface area contributed by atoms with Gasteiger partial charge in [0.1, 0.15) is 6.04 Å². The zero-order valence-corrected chi connectivity index (χ0v) is 28.7. The maximum atomic E-state index is 14.0. The van der Waals surface area contributed by atoms with Crippen LogP contribution >= 0.6 is 31.9 Å². The SMILES string of the molecule is CN1CCC(N2CCN(C(=O)[C@H](Cc3cc(Br)c(N)c(Br)c3)NC(=O)N3CCC(n4c(=O)[nH]c5cccnc54)CC3)CC2)CC1. The Kier molecular flexibility index (Phi) is 9.83. The third-order valence-electron chi connectivity index (χ3n) is 9.60. The Bertz CT molecular complexity index is 1560. The molecule has 3 aromatic rings. The summed E-state index contributed by atoms with van der Waals surface area (Å²) in [5.74, 6) is -0.0678. The topological polar surface area (TPSA) is 136 Å². The summed E-state index contributed by atoms with van der Waals surface area (Å²) in [5.41, 5.74) is 8.75. The zero-order chi connectivity index (χ0) is 31.7. The summed E-state index contributed by atoms with van der Waals surface area (Å²) in [6.07, 6.45) is 5.57. The summed E-state index contributed by atoms with van der Waals surface area (Å²) in [4.78, 5) is 56.2. The summed E-state index contributed by atoms with van der Waals surface area (Å²) >= 11 is 7.04. The standard InChI is InChI=1S/C31H41Br2N9O3/c1-38-9-4-21(5-10-38)39-13-15-40(16-14-39)29(43)26(19-20-17-23(32)27(34)24(33)18-20)37-30(44)41-11-6-22(7-12-41)42-28-25(36-31(42)45)3-2-8-35-28/h2-3,8,17-18,21-22,26H,4-7,9-16,19,34H2,1H3,(H,36,45)(H,37,44)/t26-/m0/s1. The van der Waals surface area contributed by atoms with Crippen molar-refractivity contribution in [1.29, 1.82) is 0 Å². The van der Waals surface area contributed by atoms with Gasteiger partial charge in [-0.25, -0.2) is 14.6 Å². The number of aromatic nitrogens is 3. The molecule has 3 aliphatic rings. The fraction of sp³-hybridized carbons (Fsp3) is 0.548. The number of piperazine rings is 1. The van der Waals surface area contributed by atoms with Gasteiger partial charge in [0.15, 0.2) is 5.65 Å². The average Bonchev–Trinajstić information content (AvgIpc) is 3.39. The second-order valence-corrected chi connectivity index (χ2v) is 14.2. The van der Waals surface area contributed by atoms with Crippen LogP contribution in [0.3, 0.4) is 0 Å². The second kappa shape index (κ2) is 13.8. The number of aromatic amines is 1. The van der Waals surface area contributed by atoms with Crippen molar-refractivity contribution < 1.29 is 9.59 Å². The van der Waals surface area contributed by atoms with E-state index in [1.165, 1.54) is 0 Å². The number of nitrogens with zero attached hydrogens (tertiary/aromatic N) is 6. The van der Waals surface area contributed by atoms with E-state index < -0.39 is 6.04 Å². The van der Waals surface area contributed by atoms with E-state index in [1.807, 2.05) is 23.1 Å². The minimum atomic E-state index is -0.729. The van der Waals surface area contributed by atoms with E-state index in [1.54, 1.807) is 21.7 Å². The van der Waals surface area contributed by atoms with Gasteiger partial charge in [-0.1, -0.05) is 0 Å². The van der Waals surface area contributed by atoms with Crippen molar-refractivity contribution in [2.24, 2.45) is 0 Å². The first kappa shape index (κ1) is 32.0. The van der Waals surface area contributed by atoms with E-state index >= 15 is 0 Å². The number of nitrogens with two attached hydrogens (primary N) is 1. The van der Waals surface area contributed by atoms with E-state index in [4.69, 9.17) is 5.73 Å². The molecule has 1 atom stereocenters. The summed E-state index contributed by atoms with van der Waals surface area (Å²) in [6, 6.07) is 6.96. The molecule has 5 heterocycles. The Morgan fingerprint density at radius 2 is 1.62 bits per heavy atom. The zero-order valence-electron chi connectivity index (χ0n) is 25.6. The van der Waals surface area contributed by atoms with Crippen molar-refractivity contribution in [2.45, 2.75) is 50.2 Å². The smallest absolute Gasteiger partial charge is 0.327 e. The van der Waals surface area contributed by atoms with Gasteiger partial charge in [-0.15, -0.1) is 0 Å². The highest BCUT2D eigenvalue weighted by Crippen LogP contribution is 2.30. The van der Waals surface area contributed by atoms with Gasteiger partial charge < -0.3 is 30.7 Å². The molecule has 6 rings (SSSR count). The number of benzene rings is 1. The average molecular weight is 748 g/mol. The fourth-order valence-corrected chi connectivity index (χ4v) is 8.22. The number of imidazole rings is 1. The number of H-pyrrole nitrogens is 1. The molecule has 0 aliphatic carbocycles. The predicted octanol–water partition coefficient (Wildman–Crippen LogP) is 3.03. The van der Waals surface area contributed by atoms with Crippen LogP contribution in [0.5, 0.6) is 0 Å². The van der Waals surface area contributed by atoms with Crippen LogP contribution in [0.2, 0.25) is 0 Å². The quantitative estimate of drug-likeness (QED) is 0.330. The van der Waals surface area contributed by atoms with E-state index in [0.29, 0.717) is 68.3 Å². The first-order chi connectivity index (χ1) is 21.7. The molecule has 0 spiro atoms. The maximum absolute atomic E-state index is 14.0. The summed E-state index contributed by atoms with van der Waals surface area (Å²) in [6.45, 7) is 6.13. The van der Waals surface area contributed by atoms with Crippen LogP contribution in [0.4, 0.5) is 10.5 Å². The van der Waals surface area contributed by atoms with Gasteiger partial charge in [0.25, 0.3) is 0 Å². The van der Waals surface area contributed by atoms with Crippen LogP contribution in [0.15, 0.2) is 44.2 Å². The molecule has 3 aliphatic heterocycles. The number of piperidine rings is 2. The van der Waals surface area contributed by atoms with Crippen molar-refractivity contribution in [3.05, 3.63) is 55.5 Å². The molecule has 0 saturated carbocycles. The molecule has 4 N–H and O–H groups in total. The van der Waals surface area contributed by atoms with Crippen molar-refractivity contribution in [3.63, 3.8) is 0 Å². The molecular weight excluding hydrogens is 706 g/mol. The lowest BCUT2D eigenvalue weighted by Gasteiger charge is -2.43. The van der Waals surface area contributed by atoms with Crippen molar-refractivity contribution in [2.75, 3.05) is 65.1 Å². The van der Waals surface area contributed by atoms with Crippen molar-refractivity contribution in [3.8, 4) is 0 Å². The summed E-state index contributed by atoms with van der Waals surface area (Å²) in [7, 11) is 2.17. The third-order valence-corrected chi connectivity index (χ3v) is 10.9. The number of urea groups is 1. The van der Waals surface area contributed by atoms with Crippen molar-refractivity contribution >= 4 is 60.6 Å². The number of anilines is 1. The molecule has 242 valence electrons. The van der Waals surface area contributed by atoms with Crippen LogP contribution in [-0.4, -0.2) is 118 Å². The van der Waals surface area contributed by atoms with Gasteiger partial charge in [-0.2, -0.15) is 0 Å². The Morgan fingerprint density at radius 1 is 0.978 bits per heavy atom. The van der Waals surface area contributed by atoms with Gasteiger partial charge in [0, 0.05) is 72.9 Å². The highest BCUT2D eigenvalue weighted by Gasteiger charge is 2.34. The number of nitrogen functional groups attached to an aromatic ring is 1. The maximum Gasteiger partial charge on any atom is 0.327 e. The number of pyridine rings is 1. The largest absolute Gasteiger partial charge is 0.397 e. The number of halogens is 2. The number of hydrogen-bond donors (Lipinski definition) is 3. The fourth-order valence-electron chi connectivity index (χ4n) is 6.94. The minimum Gasteiger partial charge on any atom is -0.397 e. The van der Waals surface area contributed by atoms with E-state index in [2.05, 4.69) is 64.0 Å². The molecule has 45 heavy (non-hydrogen) atoms. The highest BCUT2D eigenvalue weighted by atomic mass is 79.9. The van der Waals surface area contributed by atoms with Gasteiger partial charge >= 0.3 is 11.7 Å². The van der Waals surface area contributed by atoms with Crippen LogP contribution in [-0.2, 0) is 11.2 Å². The Morgan fingerprint density at radius 3 is 2.29 bits per heavy atom. The number of fused-ring (bicyclic) bond motifs is 1. The van der Waals surface area contributed by atoms with E-state index in [9.17, 15) is 14.4 Å². The first-order valence-electron chi connectivity index (χ1n) is 15.7. The molecule has 14 heteroatoms. The van der Waals surface area contributed by atoms with Gasteiger partial charge in [-0.05, 0) is 108 Å². The minimum absolute atomic E-state index is 0.0621. The summed E-state index contributed by atoms with van der Waals surface area (Å²) < 4.78 is 3.18. The van der Waals surface area contributed by atoms with Crippen LogP contribution in [0.25, 0.3) is 11.2 Å². The number of hydrogen-bond acceptors (Lipinski definition) is 7. The van der Waals surface area contributed by atoms with Gasteiger partial charge in [0.05, 0.1) is 11.2 Å². The normalized spacial score (nSPS) is 20.1. The number of rotatable bonds is 6. The molecule has 3 saturated heterocycles. The second-order valence-electron chi connectivity index (χ2n) is 12.5. The molecule has 12 nitrogen and oxygen atoms in total. The lowest BCUT2D eigenvalue weighted by Crippen LogP contribution is -2.59.